The van der Waals surface area contributed by atoms with Gasteiger partial charge in [-0.25, -0.2) is 0 Å². The maximum absolute atomic E-state index is 11.7. The summed E-state index contributed by atoms with van der Waals surface area (Å²) in [5.41, 5.74) is 1.23. The summed E-state index contributed by atoms with van der Waals surface area (Å²) in [5, 5.41) is 11.9. The van der Waals surface area contributed by atoms with E-state index in [4.69, 9.17) is 5.26 Å². The molecular formula is C15H20N2O. The molecular weight excluding hydrogens is 224 g/mol. The van der Waals surface area contributed by atoms with Gasteiger partial charge in [0.1, 0.15) is 0 Å². The summed E-state index contributed by atoms with van der Waals surface area (Å²) in [6.45, 7) is 7.64. The molecule has 0 heterocycles. The molecule has 0 radical (unpaired) electrons. The number of amides is 1. The number of nitrogens with zero attached hydrogens (tertiary/aromatic N) is 1. The molecule has 1 N–H and O–H groups in total. The third-order valence-corrected chi connectivity index (χ3v) is 3.21. The lowest BCUT2D eigenvalue weighted by Crippen LogP contribution is -2.20. The lowest BCUT2D eigenvalue weighted by atomic mass is 9.86. The molecule has 0 saturated carbocycles. The lowest BCUT2D eigenvalue weighted by molar-refractivity contribution is -0.119. The van der Waals surface area contributed by atoms with Crippen LogP contribution in [0.3, 0.4) is 0 Å². The summed E-state index contributed by atoms with van der Waals surface area (Å²) >= 11 is 0. The van der Waals surface area contributed by atoms with Crippen LogP contribution in [0.5, 0.6) is 0 Å². The molecule has 1 aromatic carbocycles. The van der Waals surface area contributed by atoms with E-state index in [1.807, 2.05) is 52.0 Å². The van der Waals surface area contributed by atoms with Crippen molar-refractivity contribution in [2.24, 2.45) is 5.92 Å². The highest BCUT2D eigenvalue weighted by atomic mass is 16.1. The van der Waals surface area contributed by atoms with Gasteiger partial charge in [0.2, 0.25) is 5.91 Å². The summed E-state index contributed by atoms with van der Waals surface area (Å²) in [6, 6.07) is 9.71. The Hall–Kier alpha value is -1.82. The number of nitrogens with one attached hydrogen (secondary N) is 1. The molecule has 96 valence electrons. The average Bonchev–Trinajstić information content (AvgIpc) is 2.38. The fourth-order valence-electron chi connectivity index (χ4n) is 1.49. The first-order valence-corrected chi connectivity index (χ1v) is 6.23. The quantitative estimate of drug-likeness (QED) is 0.881. The van der Waals surface area contributed by atoms with E-state index in [9.17, 15) is 4.79 Å². The van der Waals surface area contributed by atoms with Crippen LogP contribution in [0.4, 0.5) is 5.69 Å². The molecule has 1 aromatic rings. The van der Waals surface area contributed by atoms with Gasteiger partial charge in [-0.2, -0.15) is 5.26 Å². The molecule has 0 fully saturated rings. The zero-order valence-electron chi connectivity index (χ0n) is 11.4. The van der Waals surface area contributed by atoms with Gasteiger partial charge in [0, 0.05) is 11.6 Å². The van der Waals surface area contributed by atoms with Crippen molar-refractivity contribution in [2.75, 3.05) is 5.32 Å². The summed E-state index contributed by atoms with van der Waals surface area (Å²) in [6.07, 6.45) is 0.825. The number of carbonyl (C=O) groups is 1. The highest BCUT2D eigenvalue weighted by Crippen LogP contribution is 2.23. The average molecular weight is 244 g/mol. The van der Waals surface area contributed by atoms with E-state index in [1.54, 1.807) is 0 Å². The minimum Gasteiger partial charge on any atom is -0.326 e. The van der Waals surface area contributed by atoms with Crippen LogP contribution in [0, 0.1) is 17.2 Å². The van der Waals surface area contributed by atoms with Crippen LogP contribution in [-0.4, -0.2) is 5.91 Å². The monoisotopic (exact) mass is 244 g/mol. The molecule has 0 aliphatic carbocycles. The zero-order chi connectivity index (χ0) is 13.8. The predicted octanol–water partition coefficient (Wildman–Crippen LogP) is 3.47. The van der Waals surface area contributed by atoms with Crippen molar-refractivity contribution in [3.8, 4) is 6.07 Å². The second kappa shape index (κ2) is 5.68. The van der Waals surface area contributed by atoms with E-state index < -0.39 is 5.41 Å². The Morgan fingerprint density at radius 3 is 2.39 bits per heavy atom. The molecule has 0 aliphatic rings. The van der Waals surface area contributed by atoms with Gasteiger partial charge in [0.05, 0.1) is 11.5 Å². The van der Waals surface area contributed by atoms with Gasteiger partial charge < -0.3 is 5.32 Å². The van der Waals surface area contributed by atoms with Gasteiger partial charge in [-0.1, -0.05) is 26.0 Å². The number of rotatable bonds is 4. The van der Waals surface area contributed by atoms with Crippen molar-refractivity contribution in [3.63, 3.8) is 0 Å². The number of nitriles is 1. The Bertz CT molecular complexity index is 454. The van der Waals surface area contributed by atoms with Gasteiger partial charge in [-0.3, -0.25) is 4.79 Å². The standard InChI is InChI=1S/C15H20N2O/c1-5-11(2)14(18)17-13-8-6-12(7-9-13)15(3,4)10-16/h6-9,11H,5H2,1-4H3,(H,17,18)/t11-/m0/s1. The van der Waals surface area contributed by atoms with Crippen LogP contribution in [0.15, 0.2) is 24.3 Å². The number of hydrogen-bond acceptors (Lipinski definition) is 2. The van der Waals surface area contributed by atoms with Gasteiger partial charge >= 0.3 is 0 Å². The SMILES string of the molecule is CC[C@H](C)C(=O)Nc1ccc(C(C)(C)C#N)cc1. The van der Waals surface area contributed by atoms with Crippen molar-refractivity contribution in [1.29, 1.82) is 5.26 Å². The Balaban J connectivity index is 2.79. The Kier molecular flexibility index (Phi) is 4.49. The van der Waals surface area contributed by atoms with E-state index in [-0.39, 0.29) is 11.8 Å². The molecule has 0 aliphatic heterocycles. The first-order chi connectivity index (χ1) is 8.40. The van der Waals surface area contributed by atoms with Gasteiger partial charge in [0.25, 0.3) is 0 Å². The van der Waals surface area contributed by atoms with Crippen molar-refractivity contribution in [3.05, 3.63) is 29.8 Å². The van der Waals surface area contributed by atoms with E-state index in [1.165, 1.54) is 0 Å². The Morgan fingerprint density at radius 2 is 1.94 bits per heavy atom. The summed E-state index contributed by atoms with van der Waals surface area (Å²) in [5.74, 6) is 0.0463. The third-order valence-electron chi connectivity index (χ3n) is 3.21. The molecule has 0 aromatic heterocycles. The maximum Gasteiger partial charge on any atom is 0.227 e. The first kappa shape index (κ1) is 14.2. The molecule has 18 heavy (non-hydrogen) atoms. The molecule has 3 nitrogen and oxygen atoms in total. The van der Waals surface area contributed by atoms with Crippen molar-refractivity contribution >= 4 is 11.6 Å². The first-order valence-electron chi connectivity index (χ1n) is 6.23. The topological polar surface area (TPSA) is 52.9 Å². The molecule has 0 spiro atoms. The van der Waals surface area contributed by atoms with Crippen LogP contribution in [0.2, 0.25) is 0 Å². The summed E-state index contributed by atoms with van der Waals surface area (Å²) < 4.78 is 0. The lowest BCUT2D eigenvalue weighted by Gasteiger charge is -2.16. The van der Waals surface area contributed by atoms with Crippen LogP contribution in [0.1, 0.15) is 39.7 Å². The minimum atomic E-state index is -0.501. The highest BCUT2D eigenvalue weighted by molar-refractivity contribution is 5.92. The highest BCUT2D eigenvalue weighted by Gasteiger charge is 2.19. The van der Waals surface area contributed by atoms with Gasteiger partial charge in [0.15, 0.2) is 0 Å². The van der Waals surface area contributed by atoms with Crippen molar-refractivity contribution in [2.45, 2.75) is 39.5 Å². The van der Waals surface area contributed by atoms with Crippen LogP contribution in [-0.2, 0) is 10.2 Å². The minimum absolute atomic E-state index is 0.0141. The Morgan fingerprint density at radius 1 is 1.39 bits per heavy atom. The summed E-state index contributed by atoms with van der Waals surface area (Å²) in [7, 11) is 0. The maximum atomic E-state index is 11.7. The molecule has 1 amide bonds. The van der Waals surface area contributed by atoms with Gasteiger partial charge in [-0.05, 0) is 38.0 Å². The molecule has 0 unspecified atom stereocenters. The van der Waals surface area contributed by atoms with E-state index >= 15 is 0 Å². The number of hydrogen-bond donors (Lipinski definition) is 1. The smallest absolute Gasteiger partial charge is 0.227 e. The van der Waals surface area contributed by atoms with E-state index in [0.29, 0.717) is 0 Å². The van der Waals surface area contributed by atoms with E-state index in [0.717, 1.165) is 17.7 Å². The second-order valence-corrected chi connectivity index (χ2v) is 5.11. The zero-order valence-corrected chi connectivity index (χ0v) is 11.4. The molecule has 0 bridgehead atoms. The number of carbonyl (C=O) groups excluding carboxylic acids is 1. The predicted molar refractivity (Wildman–Crippen MR) is 73.2 cm³/mol. The van der Waals surface area contributed by atoms with Crippen LogP contribution >= 0.6 is 0 Å². The third kappa shape index (κ3) is 3.33. The molecule has 0 saturated heterocycles. The largest absolute Gasteiger partial charge is 0.326 e. The van der Waals surface area contributed by atoms with Gasteiger partial charge in [-0.15, -0.1) is 0 Å². The fraction of sp³-hybridized carbons (Fsp3) is 0.467. The van der Waals surface area contributed by atoms with Crippen LogP contribution < -0.4 is 5.32 Å². The molecule has 1 rings (SSSR count). The molecule has 1 atom stereocenters. The van der Waals surface area contributed by atoms with E-state index in [2.05, 4.69) is 11.4 Å². The number of anilines is 1. The van der Waals surface area contributed by atoms with Crippen molar-refractivity contribution < 1.29 is 4.79 Å². The fourth-order valence-corrected chi connectivity index (χ4v) is 1.49. The summed E-state index contributed by atoms with van der Waals surface area (Å²) in [4.78, 5) is 11.7. The Labute approximate surface area is 109 Å². The number of benzene rings is 1. The van der Waals surface area contributed by atoms with Crippen LogP contribution in [0.25, 0.3) is 0 Å². The van der Waals surface area contributed by atoms with Crippen molar-refractivity contribution in [1.82, 2.24) is 0 Å². The second-order valence-electron chi connectivity index (χ2n) is 5.11. The molecule has 3 heteroatoms. The normalized spacial score (nSPS) is 12.6.